The highest BCUT2D eigenvalue weighted by Crippen LogP contribution is 2.03. The lowest BCUT2D eigenvalue weighted by molar-refractivity contribution is 0.0821. The van der Waals surface area contributed by atoms with Crippen molar-refractivity contribution in [2.75, 3.05) is 39.2 Å². The van der Waals surface area contributed by atoms with Crippen LogP contribution in [0.15, 0.2) is 12.1 Å². The van der Waals surface area contributed by atoms with Gasteiger partial charge in [0.1, 0.15) is 5.82 Å². The van der Waals surface area contributed by atoms with Crippen LogP contribution in [0, 0.1) is 0 Å². The van der Waals surface area contributed by atoms with Gasteiger partial charge in [-0.2, -0.15) is 0 Å². The Bertz CT molecular complexity index is 379. The van der Waals surface area contributed by atoms with Crippen LogP contribution in [0.1, 0.15) is 30.3 Å². The van der Waals surface area contributed by atoms with Gasteiger partial charge in [-0.15, -0.1) is 10.2 Å². The smallest absolute Gasteiger partial charge is 0.273 e. The molecule has 0 atom stereocenters. The predicted octanol–water partition coefficient (Wildman–Crippen LogP) is 1.41. The van der Waals surface area contributed by atoms with E-state index in [1.807, 2.05) is 0 Å². The standard InChI is InChI=1S/C13H22N4O2/c1-4-5-9-19-10-8-14-12-7-6-11(15-16-12)13(18)17(2)3/h6-7H,4-5,8-10H2,1-3H3,(H,14,16). The fourth-order valence-electron chi connectivity index (χ4n) is 1.37. The van der Waals surface area contributed by atoms with Crippen LogP contribution in [-0.2, 0) is 4.74 Å². The molecule has 0 aliphatic heterocycles. The molecule has 0 aliphatic carbocycles. The molecular formula is C13H22N4O2. The summed E-state index contributed by atoms with van der Waals surface area (Å²) in [4.78, 5) is 13.1. The van der Waals surface area contributed by atoms with E-state index in [9.17, 15) is 4.79 Å². The molecule has 1 heterocycles. The SMILES string of the molecule is CCCCOCCNc1ccc(C(=O)N(C)C)nn1. The lowest BCUT2D eigenvalue weighted by Gasteiger charge is -2.09. The number of carbonyl (C=O) groups excluding carboxylic acids is 1. The second-order valence-corrected chi connectivity index (χ2v) is 4.40. The van der Waals surface area contributed by atoms with E-state index in [0.717, 1.165) is 19.4 Å². The molecule has 0 spiro atoms. The van der Waals surface area contributed by atoms with Crippen molar-refractivity contribution in [2.45, 2.75) is 19.8 Å². The van der Waals surface area contributed by atoms with Gasteiger partial charge in [0.2, 0.25) is 0 Å². The maximum atomic E-state index is 11.6. The molecule has 0 saturated heterocycles. The molecule has 1 N–H and O–H groups in total. The number of hydrogen-bond acceptors (Lipinski definition) is 5. The minimum absolute atomic E-state index is 0.151. The van der Waals surface area contributed by atoms with Gasteiger partial charge in [-0.25, -0.2) is 0 Å². The highest BCUT2D eigenvalue weighted by Gasteiger charge is 2.09. The zero-order valence-electron chi connectivity index (χ0n) is 11.8. The highest BCUT2D eigenvalue weighted by atomic mass is 16.5. The minimum Gasteiger partial charge on any atom is -0.380 e. The summed E-state index contributed by atoms with van der Waals surface area (Å²) in [6.45, 7) is 4.24. The normalized spacial score (nSPS) is 10.3. The molecule has 1 amide bonds. The van der Waals surface area contributed by atoms with Gasteiger partial charge in [0.15, 0.2) is 5.69 Å². The molecule has 0 fully saturated rings. The van der Waals surface area contributed by atoms with E-state index in [4.69, 9.17) is 4.74 Å². The van der Waals surface area contributed by atoms with Gasteiger partial charge in [-0.1, -0.05) is 13.3 Å². The van der Waals surface area contributed by atoms with Crippen LogP contribution in [0.2, 0.25) is 0 Å². The number of ether oxygens (including phenoxy) is 1. The number of anilines is 1. The molecule has 6 heteroatoms. The molecule has 0 bridgehead atoms. The second-order valence-electron chi connectivity index (χ2n) is 4.40. The van der Waals surface area contributed by atoms with Gasteiger partial charge in [-0.05, 0) is 18.6 Å². The van der Waals surface area contributed by atoms with E-state index in [1.165, 1.54) is 4.90 Å². The Morgan fingerprint density at radius 1 is 1.32 bits per heavy atom. The Morgan fingerprint density at radius 3 is 2.68 bits per heavy atom. The fourth-order valence-corrected chi connectivity index (χ4v) is 1.37. The Hall–Kier alpha value is -1.69. The molecule has 0 radical (unpaired) electrons. The summed E-state index contributed by atoms with van der Waals surface area (Å²) >= 11 is 0. The first-order valence-corrected chi connectivity index (χ1v) is 6.52. The van der Waals surface area contributed by atoms with E-state index in [-0.39, 0.29) is 5.91 Å². The number of amides is 1. The number of nitrogens with one attached hydrogen (secondary N) is 1. The van der Waals surface area contributed by atoms with Crippen molar-refractivity contribution >= 4 is 11.7 Å². The number of unbranched alkanes of at least 4 members (excludes halogenated alkanes) is 1. The number of nitrogens with zero attached hydrogens (tertiary/aromatic N) is 3. The van der Waals surface area contributed by atoms with Crippen molar-refractivity contribution in [1.29, 1.82) is 0 Å². The average molecular weight is 266 g/mol. The van der Waals surface area contributed by atoms with Gasteiger partial charge in [0.25, 0.3) is 5.91 Å². The van der Waals surface area contributed by atoms with Gasteiger partial charge < -0.3 is 15.0 Å². The van der Waals surface area contributed by atoms with Crippen molar-refractivity contribution in [1.82, 2.24) is 15.1 Å². The van der Waals surface area contributed by atoms with Crippen LogP contribution in [0.3, 0.4) is 0 Å². The molecule has 0 saturated carbocycles. The van der Waals surface area contributed by atoms with E-state index < -0.39 is 0 Å². The first-order valence-electron chi connectivity index (χ1n) is 6.52. The monoisotopic (exact) mass is 266 g/mol. The molecule has 0 aliphatic rings. The maximum absolute atomic E-state index is 11.6. The van der Waals surface area contributed by atoms with Crippen LogP contribution in [0.5, 0.6) is 0 Å². The molecule has 1 rings (SSSR count). The van der Waals surface area contributed by atoms with Crippen LogP contribution >= 0.6 is 0 Å². The number of hydrogen-bond donors (Lipinski definition) is 1. The lowest BCUT2D eigenvalue weighted by Crippen LogP contribution is -2.23. The van der Waals surface area contributed by atoms with Gasteiger partial charge in [0.05, 0.1) is 6.61 Å². The summed E-state index contributed by atoms with van der Waals surface area (Å²) in [7, 11) is 3.37. The number of carbonyl (C=O) groups is 1. The second kappa shape index (κ2) is 8.42. The van der Waals surface area contributed by atoms with Crippen molar-refractivity contribution in [3.8, 4) is 0 Å². The van der Waals surface area contributed by atoms with Crippen molar-refractivity contribution in [2.24, 2.45) is 0 Å². The summed E-state index contributed by atoms with van der Waals surface area (Å²) < 4.78 is 5.42. The summed E-state index contributed by atoms with van der Waals surface area (Å²) in [5.41, 5.74) is 0.342. The number of aromatic nitrogens is 2. The van der Waals surface area contributed by atoms with Gasteiger partial charge in [0, 0.05) is 27.2 Å². The first-order chi connectivity index (χ1) is 9.15. The molecular weight excluding hydrogens is 244 g/mol. The summed E-state index contributed by atoms with van der Waals surface area (Å²) in [5.74, 6) is 0.497. The Balaban J connectivity index is 2.30. The molecule has 19 heavy (non-hydrogen) atoms. The fraction of sp³-hybridized carbons (Fsp3) is 0.615. The molecule has 1 aromatic heterocycles. The number of rotatable bonds is 8. The minimum atomic E-state index is -0.151. The Kier molecular flexibility index (Phi) is 6.81. The van der Waals surface area contributed by atoms with Crippen molar-refractivity contribution in [3.63, 3.8) is 0 Å². The average Bonchev–Trinajstić information content (AvgIpc) is 2.42. The third-order valence-electron chi connectivity index (χ3n) is 2.48. The molecule has 0 unspecified atom stereocenters. The van der Waals surface area contributed by atoms with E-state index in [1.54, 1.807) is 26.2 Å². The van der Waals surface area contributed by atoms with Gasteiger partial charge in [-0.3, -0.25) is 4.79 Å². The Labute approximate surface area is 114 Å². The van der Waals surface area contributed by atoms with E-state index in [2.05, 4.69) is 22.4 Å². The molecule has 0 aromatic carbocycles. The maximum Gasteiger partial charge on any atom is 0.273 e. The highest BCUT2D eigenvalue weighted by molar-refractivity contribution is 5.91. The zero-order chi connectivity index (χ0) is 14.1. The largest absolute Gasteiger partial charge is 0.380 e. The van der Waals surface area contributed by atoms with Crippen molar-refractivity contribution < 1.29 is 9.53 Å². The van der Waals surface area contributed by atoms with Gasteiger partial charge >= 0.3 is 0 Å². The summed E-state index contributed by atoms with van der Waals surface area (Å²) in [6.07, 6.45) is 2.22. The third kappa shape index (κ3) is 5.65. The summed E-state index contributed by atoms with van der Waals surface area (Å²) in [6, 6.07) is 3.41. The van der Waals surface area contributed by atoms with Crippen LogP contribution in [0.4, 0.5) is 5.82 Å². The van der Waals surface area contributed by atoms with Crippen LogP contribution in [-0.4, -0.2) is 54.9 Å². The molecule has 106 valence electrons. The third-order valence-corrected chi connectivity index (χ3v) is 2.48. The molecule has 6 nitrogen and oxygen atoms in total. The van der Waals surface area contributed by atoms with Crippen LogP contribution < -0.4 is 5.32 Å². The topological polar surface area (TPSA) is 67.3 Å². The lowest BCUT2D eigenvalue weighted by atomic mass is 10.3. The van der Waals surface area contributed by atoms with Crippen LogP contribution in [0.25, 0.3) is 0 Å². The van der Waals surface area contributed by atoms with E-state index in [0.29, 0.717) is 24.7 Å². The van der Waals surface area contributed by atoms with E-state index >= 15 is 0 Å². The zero-order valence-corrected chi connectivity index (χ0v) is 11.8. The summed E-state index contributed by atoms with van der Waals surface area (Å²) in [5, 5.41) is 10.9. The predicted molar refractivity (Wildman–Crippen MR) is 74.3 cm³/mol. The molecule has 1 aromatic rings. The first kappa shape index (κ1) is 15.4. The van der Waals surface area contributed by atoms with Crippen molar-refractivity contribution in [3.05, 3.63) is 17.8 Å². The quantitative estimate of drug-likeness (QED) is 0.720. The Morgan fingerprint density at radius 2 is 2.11 bits per heavy atom.